The number of nitrogens with zero attached hydrogens (tertiary/aromatic N) is 3. The Labute approximate surface area is 158 Å². The fourth-order valence-electron chi connectivity index (χ4n) is 2.88. The third kappa shape index (κ3) is 3.56. The molecular weight excluding hydrogens is 370 g/mol. The Morgan fingerprint density at radius 1 is 1.08 bits per heavy atom. The van der Waals surface area contributed by atoms with Gasteiger partial charge in [0.25, 0.3) is 5.91 Å². The van der Waals surface area contributed by atoms with Crippen LogP contribution in [-0.4, -0.2) is 52.8 Å². The number of hydrogen-bond donors (Lipinski definition) is 0. The van der Waals surface area contributed by atoms with Crippen LogP contribution < -0.4 is 0 Å². The largest absolute Gasteiger partial charge is 0.459 e. The first-order valence-corrected chi connectivity index (χ1v) is 10.1. The van der Waals surface area contributed by atoms with E-state index in [1.54, 1.807) is 44.6 Å². The van der Waals surface area contributed by atoms with E-state index in [1.165, 1.54) is 6.26 Å². The van der Waals surface area contributed by atoms with Crippen LogP contribution in [0.4, 0.5) is 0 Å². The summed E-state index contributed by atoms with van der Waals surface area (Å²) in [6.45, 7) is 2.10. The lowest BCUT2D eigenvalue weighted by molar-refractivity contribution is -0.132. The minimum Gasteiger partial charge on any atom is -0.459 e. The number of hydrogen-bond acceptors (Lipinski definition) is 6. The molecule has 1 aliphatic rings. The first-order valence-electron chi connectivity index (χ1n) is 8.29. The third-order valence-corrected chi connectivity index (χ3v) is 6.20. The molecule has 0 radical (unpaired) electrons. The lowest BCUT2D eigenvalue weighted by atomic mass is 10.2. The van der Waals surface area contributed by atoms with E-state index < -0.39 is 0 Å². The number of thiazole rings is 1. The van der Waals surface area contributed by atoms with Crippen molar-refractivity contribution in [1.82, 2.24) is 14.8 Å². The predicted octanol–water partition coefficient (Wildman–Crippen LogP) is 2.99. The molecule has 1 aliphatic heterocycles. The summed E-state index contributed by atoms with van der Waals surface area (Å²) in [5, 5.41) is 4.92. The summed E-state index contributed by atoms with van der Waals surface area (Å²) in [7, 11) is 0. The van der Waals surface area contributed by atoms with Crippen LogP contribution in [-0.2, 0) is 11.2 Å². The molecule has 3 aromatic rings. The Kier molecular flexibility index (Phi) is 4.85. The van der Waals surface area contributed by atoms with Crippen LogP contribution in [0.25, 0.3) is 9.88 Å². The molecule has 134 valence electrons. The number of furan rings is 1. The van der Waals surface area contributed by atoms with Gasteiger partial charge < -0.3 is 14.2 Å². The van der Waals surface area contributed by atoms with Crippen LogP contribution in [0.1, 0.15) is 16.2 Å². The molecule has 4 heterocycles. The molecule has 0 atom stereocenters. The summed E-state index contributed by atoms with van der Waals surface area (Å²) < 4.78 is 5.16. The second-order valence-electron chi connectivity index (χ2n) is 5.95. The SMILES string of the molecule is O=C(Cc1csc(-c2cccs2)n1)N1CCN(C(=O)c2ccco2)CC1. The van der Waals surface area contributed by atoms with Crippen molar-refractivity contribution in [2.24, 2.45) is 0 Å². The monoisotopic (exact) mass is 387 g/mol. The van der Waals surface area contributed by atoms with Crippen molar-refractivity contribution in [3.8, 4) is 9.88 Å². The van der Waals surface area contributed by atoms with Gasteiger partial charge in [-0.3, -0.25) is 9.59 Å². The van der Waals surface area contributed by atoms with Crippen LogP contribution in [0, 0.1) is 0 Å². The lowest BCUT2D eigenvalue weighted by Crippen LogP contribution is -2.50. The van der Waals surface area contributed by atoms with E-state index in [-0.39, 0.29) is 11.8 Å². The van der Waals surface area contributed by atoms with Crippen molar-refractivity contribution < 1.29 is 14.0 Å². The van der Waals surface area contributed by atoms with Crippen LogP contribution >= 0.6 is 22.7 Å². The first kappa shape index (κ1) is 17.0. The molecule has 0 aromatic carbocycles. The number of amides is 2. The lowest BCUT2D eigenvalue weighted by Gasteiger charge is -2.34. The van der Waals surface area contributed by atoms with Gasteiger partial charge in [-0.15, -0.1) is 22.7 Å². The van der Waals surface area contributed by atoms with Gasteiger partial charge in [0.15, 0.2) is 5.76 Å². The van der Waals surface area contributed by atoms with Crippen LogP contribution in [0.2, 0.25) is 0 Å². The summed E-state index contributed by atoms with van der Waals surface area (Å²) in [5.74, 6) is 0.272. The molecule has 0 saturated carbocycles. The molecule has 0 N–H and O–H groups in total. The zero-order valence-corrected chi connectivity index (χ0v) is 15.6. The Morgan fingerprint density at radius 2 is 1.88 bits per heavy atom. The van der Waals surface area contributed by atoms with E-state index in [1.807, 2.05) is 22.9 Å². The van der Waals surface area contributed by atoms with Gasteiger partial charge in [0, 0.05) is 31.6 Å². The van der Waals surface area contributed by atoms with Gasteiger partial charge in [0.2, 0.25) is 5.91 Å². The molecule has 6 nitrogen and oxygen atoms in total. The zero-order chi connectivity index (χ0) is 17.9. The predicted molar refractivity (Wildman–Crippen MR) is 100 cm³/mol. The molecule has 0 unspecified atom stereocenters. The minimum atomic E-state index is -0.123. The fourth-order valence-corrected chi connectivity index (χ4v) is 4.52. The van der Waals surface area contributed by atoms with Gasteiger partial charge in [-0.1, -0.05) is 6.07 Å². The summed E-state index contributed by atoms with van der Waals surface area (Å²) in [6.07, 6.45) is 1.79. The van der Waals surface area contributed by atoms with Crippen molar-refractivity contribution in [3.63, 3.8) is 0 Å². The number of carbonyl (C=O) groups is 2. The second kappa shape index (κ2) is 7.43. The third-order valence-electron chi connectivity index (χ3n) is 4.27. The average Bonchev–Trinajstić information content (AvgIpc) is 3.42. The minimum absolute atomic E-state index is 0.0538. The van der Waals surface area contributed by atoms with Crippen molar-refractivity contribution in [2.45, 2.75) is 6.42 Å². The number of rotatable bonds is 4. The summed E-state index contributed by atoms with van der Waals surface area (Å²) in [4.78, 5) is 34.0. The molecule has 0 spiro atoms. The maximum Gasteiger partial charge on any atom is 0.289 e. The van der Waals surface area contributed by atoms with Crippen LogP contribution in [0.15, 0.2) is 45.7 Å². The molecule has 1 saturated heterocycles. The maximum atomic E-state index is 12.5. The molecule has 0 aliphatic carbocycles. The topological polar surface area (TPSA) is 66.7 Å². The second-order valence-corrected chi connectivity index (χ2v) is 7.75. The molecular formula is C18H17N3O3S2. The highest BCUT2D eigenvalue weighted by molar-refractivity contribution is 7.20. The highest BCUT2D eigenvalue weighted by Gasteiger charge is 2.26. The van der Waals surface area contributed by atoms with Crippen molar-refractivity contribution in [1.29, 1.82) is 0 Å². The molecule has 2 amide bonds. The summed E-state index contributed by atoms with van der Waals surface area (Å²) in [6, 6.07) is 7.39. The number of thiophene rings is 1. The van der Waals surface area contributed by atoms with E-state index in [0.717, 1.165) is 15.6 Å². The van der Waals surface area contributed by atoms with Crippen molar-refractivity contribution in [2.75, 3.05) is 26.2 Å². The van der Waals surface area contributed by atoms with Gasteiger partial charge >= 0.3 is 0 Å². The van der Waals surface area contributed by atoms with Gasteiger partial charge in [-0.05, 0) is 23.6 Å². The van der Waals surface area contributed by atoms with Crippen LogP contribution in [0.3, 0.4) is 0 Å². The van der Waals surface area contributed by atoms with Crippen molar-refractivity contribution in [3.05, 3.63) is 52.7 Å². The van der Waals surface area contributed by atoms with Gasteiger partial charge in [-0.25, -0.2) is 4.98 Å². The average molecular weight is 387 g/mol. The van der Waals surface area contributed by atoms with Gasteiger partial charge in [-0.2, -0.15) is 0 Å². The van der Waals surface area contributed by atoms with E-state index >= 15 is 0 Å². The number of carbonyl (C=O) groups excluding carboxylic acids is 2. The number of piperazine rings is 1. The normalized spacial score (nSPS) is 14.6. The fraction of sp³-hybridized carbons (Fsp3) is 0.278. The Hall–Kier alpha value is -2.45. The number of aromatic nitrogens is 1. The molecule has 8 heteroatoms. The molecule has 26 heavy (non-hydrogen) atoms. The van der Waals surface area contributed by atoms with Gasteiger partial charge in [0.05, 0.1) is 23.3 Å². The van der Waals surface area contributed by atoms with E-state index in [2.05, 4.69) is 4.98 Å². The zero-order valence-electron chi connectivity index (χ0n) is 14.0. The molecule has 1 fully saturated rings. The molecule has 3 aromatic heterocycles. The molecule has 0 bridgehead atoms. The van der Waals surface area contributed by atoms with E-state index in [0.29, 0.717) is 38.4 Å². The van der Waals surface area contributed by atoms with Crippen molar-refractivity contribution >= 4 is 34.5 Å². The highest BCUT2D eigenvalue weighted by atomic mass is 32.1. The van der Waals surface area contributed by atoms with E-state index in [4.69, 9.17) is 4.42 Å². The Morgan fingerprint density at radius 3 is 2.58 bits per heavy atom. The summed E-state index contributed by atoms with van der Waals surface area (Å²) in [5.41, 5.74) is 0.803. The summed E-state index contributed by atoms with van der Waals surface area (Å²) >= 11 is 3.21. The highest BCUT2D eigenvalue weighted by Crippen LogP contribution is 2.28. The molecule has 4 rings (SSSR count). The smallest absolute Gasteiger partial charge is 0.289 e. The quantitative estimate of drug-likeness (QED) is 0.690. The standard InChI is InChI=1S/C18H17N3O3S2/c22-16(11-13-12-26-17(19-13)15-4-2-10-25-15)20-5-7-21(8-6-20)18(23)14-3-1-9-24-14/h1-4,9-10,12H,5-8,11H2. The maximum absolute atomic E-state index is 12.5. The Balaban J connectivity index is 1.32. The first-order chi connectivity index (χ1) is 12.7. The Bertz CT molecular complexity index is 879. The van der Waals surface area contributed by atoms with Gasteiger partial charge in [0.1, 0.15) is 5.01 Å². The van der Waals surface area contributed by atoms with E-state index in [9.17, 15) is 9.59 Å². The van der Waals surface area contributed by atoms with Crippen LogP contribution in [0.5, 0.6) is 0 Å².